The van der Waals surface area contributed by atoms with Gasteiger partial charge in [-0.1, -0.05) is 0 Å². The van der Waals surface area contributed by atoms with Crippen molar-refractivity contribution in [3.8, 4) is 34.3 Å². The van der Waals surface area contributed by atoms with Crippen LogP contribution in [0.25, 0.3) is 22.0 Å². The van der Waals surface area contributed by atoms with Crippen LogP contribution in [0.15, 0.2) is 48.0 Å². The minimum absolute atomic E-state index is 0.299. The number of aryl methyl sites for hydroxylation is 2. The molecule has 6 rings (SSSR count). The van der Waals surface area contributed by atoms with Crippen molar-refractivity contribution in [1.29, 1.82) is 0 Å². The Hall–Kier alpha value is -4.22. The van der Waals surface area contributed by atoms with Gasteiger partial charge in [0.1, 0.15) is 6.10 Å². The SMILES string of the molecule is COc1ccc2cc3[n+](cc2c1OC)CCc1cc2c(cc1-3)OCO2.O=C1O[C@H]([C@@H](O)CO)C(O)=C1O. The van der Waals surface area contributed by atoms with Crippen molar-refractivity contribution in [3.63, 3.8) is 0 Å². The Morgan fingerprint density at radius 1 is 1.11 bits per heavy atom. The summed E-state index contributed by atoms with van der Waals surface area (Å²) in [5.41, 5.74) is 3.68. The first-order valence-corrected chi connectivity index (χ1v) is 11.5. The lowest BCUT2D eigenvalue weighted by molar-refractivity contribution is -0.686. The Morgan fingerprint density at radius 2 is 1.86 bits per heavy atom. The number of hydrogen-bond acceptors (Lipinski definition) is 10. The first kappa shape index (κ1) is 24.5. The van der Waals surface area contributed by atoms with Crippen molar-refractivity contribution in [2.24, 2.45) is 0 Å². The van der Waals surface area contributed by atoms with Gasteiger partial charge in [-0.05, 0) is 35.2 Å². The van der Waals surface area contributed by atoms with E-state index >= 15 is 0 Å². The largest absolute Gasteiger partial charge is 0.505 e. The highest BCUT2D eigenvalue weighted by Gasteiger charge is 2.38. The lowest BCUT2D eigenvalue weighted by Gasteiger charge is -2.17. The highest BCUT2D eigenvalue weighted by atomic mass is 16.7. The van der Waals surface area contributed by atoms with Gasteiger partial charge in [0.2, 0.25) is 18.2 Å². The third kappa shape index (κ3) is 4.21. The number of pyridine rings is 1. The van der Waals surface area contributed by atoms with Crippen molar-refractivity contribution < 1.29 is 53.5 Å². The van der Waals surface area contributed by atoms with E-state index in [2.05, 4.69) is 39.8 Å². The molecule has 0 unspecified atom stereocenters. The molecule has 0 radical (unpaired) electrons. The molecule has 194 valence electrons. The molecule has 11 heteroatoms. The van der Waals surface area contributed by atoms with Crippen molar-refractivity contribution in [2.45, 2.75) is 25.2 Å². The van der Waals surface area contributed by atoms with Crippen LogP contribution in [0.2, 0.25) is 0 Å². The lowest BCUT2D eigenvalue weighted by Crippen LogP contribution is -2.40. The van der Waals surface area contributed by atoms with Gasteiger partial charge in [0.25, 0.3) is 0 Å². The lowest BCUT2D eigenvalue weighted by atomic mass is 9.95. The maximum absolute atomic E-state index is 10.5. The predicted molar refractivity (Wildman–Crippen MR) is 128 cm³/mol. The minimum atomic E-state index is -1.42. The Bertz CT molecular complexity index is 1420. The molecule has 0 spiro atoms. The summed E-state index contributed by atoms with van der Waals surface area (Å²) >= 11 is 0. The molecule has 0 amide bonds. The van der Waals surface area contributed by atoms with E-state index in [9.17, 15) is 4.79 Å². The zero-order chi connectivity index (χ0) is 26.3. The summed E-state index contributed by atoms with van der Waals surface area (Å²) in [6, 6.07) is 10.4. The fourth-order valence-corrected chi connectivity index (χ4v) is 4.59. The van der Waals surface area contributed by atoms with Gasteiger partial charge in [0, 0.05) is 12.5 Å². The normalized spacial score (nSPS) is 17.9. The highest BCUT2D eigenvalue weighted by molar-refractivity contribution is 5.92. The van der Waals surface area contributed by atoms with E-state index < -0.39 is 36.3 Å². The molecule has 1 aromatic heterocycles. The summed E-state index contributed by atoms with van der Waals surface area (Å²) in [7, 11) is 3.34. The Balaban J connectivity index is 0.000000198. The van der Waals surface area contributed by atoms with Crippen molar-refractivity contribution in [3.05, 3.63) is 53.6 Å². The number of aliphatic hydroxyl groups excluding tert-OH is 4. The maximum Gasteiger partial charge on any atom is 0.377 e. The molecule has 0 aliphatic carbocycles. The second-order valence-corrected chi connectivity index (χ2v) is 8.58. The molecule has 3 aliphatic rings. The minimum Gasteiger partial charge on any atom is -0.505 e. The average molecular weight is 512 g/mol. The smallest absolute Gasteiger partial charge is 0.377 e. The van der Waals surface area contributed by atoms with E-state index in [0.717, 1.165) is 46.7 Å². The molecule has 2 aromatic carbocycles. The summed E-state index contributed by atoms with van der Waals surface area (Å²) in [6.45, 7) is 0.542. The molecule has 2 atom stereocenters. The third-order valence-corrected chi connectivity index (χ3v) is 6.48. The van der Waals surface area contributed by atoms with E-state index in [1.807, 2.05) is 6.07 Å². The molecule has 37 heavy (non-hydrogen) atoms. The maximum atomic E-state index is 10.5. The number of rotatable bonds is 4. The number of carbonyl (C=O) groups is 1. The summed E-state index contributed by atoms with van der Waals surface area (Å²) in [5.74, 6) is 0.403. The van der Waals surface area contributed by atoms with E-state index in [4.69, 9.17) is 39.4 Å². The monoisotopic (exact) mass is 512 g/mol. The standard InChI is InChI=1S/C20H18NO4.C6H8O6/c1-22-17-4-3-12-7-16-14-9-19-18(24-11-25-19)8-13(14)5-6-21(16)10-15(12)20(17)23-2;7-1-2(8)5-3(9)4(10)6(11)12-5/h3-4,7-10H,5-6,11H2,1-2H3;2,5,7-10H,1H2/q+1;/t;2-,5+/m.0/s1. The van der Waals surface area contributed by atoms with Gasteiger partial charge in [0.05, 0.1) is 31.8 Å². The summed E-state index contributed by atoms with van der Waals surface area (Å²) in [6.07, 6.45) is 0.335. The molecular weight excluding hydrogens is 486 g/mol. The first-order chi connectivity index (χ1) is 17.9. The van der Waals surface area contributed by atoms with Crippen LogP contribution in [0.1, 0.15) is 5.56 Å². The molecular formula is C26H26NO10+. The molecule has 0 fully saturated rings. The molecule has 0 saturated heterocycles. The molecule has 0 bridgehead atoms. The molecule has 4 N–H and O–H groups in total. The van der Waals surface area contributed by atoms with Crippen LogP contribution >= 0.6 is 0 Å². The fraction of sp³-hybridized carbons (Fsp3) is 0.308. The average Bonchev–Trinajstić information content (AvgIpc) is 3.49. The van der Waals surface area contributed by atoms with E-state index in [0.29, 0.717) is 6.79 Å². The predicted octanol–water partition coefficient (Wildman–Crippen LogP) is 1.69. The van der Waals surface area contributed by atoms with Crippen LogP contribution in [0, 0.1) is 0 Å². The number of fused-ring (bicyclic) bond motifs is 5. The number of aromatic nitrogens is 1. The van der Waals surface area contributed by atoms with Crippen LogP contribution in [0.5, 0.6) is 23.0 Å². The van der Waals surface area contributed by atoms with Gasteiger partial charge >= 0.3 is 5.97 Å². The summed E-state index contributed by atoms with van der Waals surface area (Å²) in [4.78, 5) is 10.5. The van der Waals surface area contributed by atoms with Crippen LogP contribution in [-0.2, 0) is 22.5 Å². The number of ether oxygens (including phenoxy) is 5. The number of methoxy groups -OCH3 is 2. The molecule has 3 aromatic rings. The summed E-state index contributed by atoms with van der Waals surface area (Å²) in [5, 5.41) is 37.2. The van der Waals surface area contributed by atoms with Crippen molar-refractivity contribution >= 4 is 16.7 Å². The quantitative estimate of drug-likeness (QED) is 0.301. The van der Waals surface area contributed by atoms with Gasteiger partial charge in [-0.25, -0.2) is 4.79 Å². The molecule has 0 saturated carbocycles. The number of esters is 1. The number of cyclic esters (lactones) is 1. The van der Waals surface area contributed by atoms with Gasteiger partial charge in [-0.3, -0.25) is 0 Å². The van der Waals surface area contributed by atoms with Gasteiger partial charge < -0.3 is 44.1 Å². The van der Waals surface area contributed by atoms with Crippen molar-refractivity contribution in [1.82, 2.24) is 0 Å². The van der Waals surface area contributed by atoms with Gasteiger partial charge in [0.15, 0.2) is 47.6 Å². The number of aliphatic hydroxyl groups is 4. The van der Waals surface area contributed by atoms with Crippen molar-refractivity contribution in [2.75, 3.05) is 27.6 Å². The number of hydrogen-bond donors (Lipinski definition) is 4. The van der Waals surface area contributed by atoms with Crippen LogP contribution < -0.4 is 23.5 Å². The Labute approximate surface area is 211 Å². The van der Waals surface area contributed by atoms with Crippen LogP contribution in [0.4, 0.5) is 0 Å². The number of carbonyl (C=O) groups excluding carboxylic acids is 1. The second kappa shape index (κ2) is 9.68. The summed E-state index contributed by atoms with van der Waals surface area (Å²) < 4.78 is 28.7. The first-order valence-electron chi connectivity index (χ1n) is 11.5. The van der Waals surface area contributed by atoms with Crippen LogP contribution in [-0.4, -0.2) is 66.2 Å². The third-order valence-electron chi connectivity index (χ3n) is 6.48. The topological polar surface area (TPSA) is 148 Å². The molecule has 11 nitrogen and oxygen atoms in total. The van der Waals surface area contributed by atoms with Gasteiger partial charge in [-0.15, -0.1) is 0 Å². The fourth-order valence-electron chi connectivity index (χ4n) is 4.59. The molecule has 4 heterocycles. The van der Waals surface area contributed by atoms with E-state index in [-0.39, 0.29) is 0 Å². The van der Waals surface area contributed by atoms with Crippen LogP contribution in [0.3, 0.4) is 0 Å². The Morgan fingerprint density at radius 3 is 2.51 bits per heavy atom. The highest BCUT2D eigenvalue weighted by Crippen LogP contribution is 2.41. The van der Waals surface area contributed by atoms with E-state index in [1.165, 1.54) is 16.8 Å². The molecule has 3 aliphatic heterocycles. The zero-order valence-electron chi connectivity index (χ0n) is 20.1. The zero-order valence-corrected chi connectivity index (χ0v) is 20.1. The van der Waals surface area contributed by atoms with Gasteiger partial charge in [-0.2, -0.15) is 4.57 Å². The number of benzene rings is 2. The second-order valence-electron chi connectivity index (χ2n) is 8.58. The Kier molecular flexibility index (Phi) is 6.40. The number of nitrogens with zero attached hydrogens (tertiary/aromatic N) is 1. The van der Waals surface area contributed by atoms with E-state index in [1.54, 1.807) is 14.2 Å².